The standard InChI is InChI=1S/C8H7BrF3NS/c9-5-1-2-6(13)7(3-5)14-4-8(10,11)12/h1-3H,4,13H2. The molecule has 0 amide bonds. The summed E-state index contributed by atoms with van der Waals surface area (Å²) in [6, 6.07) is 4.83. The van der Waals surface area contributed by atoms with Crippen LogP contribution in [-0.4, -0.2) is 11.9 Å². The Morgan fingerprint density at radius 3 is 2.57 bits per heavy atom. The molecule has 0 aliphatic carbocycles. The first kappa shape index (κ1) is 11.7. The van der Waals surface area contributed by atoms with Gasteiger partial charge >= 0.3 is 6.18 Å². The summed E-state index contributed by atoms with van der Waals surface area (Å²) in [4.78, 5) is 0.441. The number of alkyl halides is 3. The van der Waals surface area contributed by atoms with E-state index < -0.39 is 11.9 Å². The molecule has 0 aromatic heterocycles. The van der Waals surface area contributed by atoms with Gasteiger partial charge in [-0.05, 0) is 18.2 Å². The Hall–Kier alpha value is -0.360. The minimum absolute atomic E-state index is 0.363. The molecule has 0 bridgehead atoms. The Balaban J connectivity index is 2.72. The fourth-order valence-electron chi connectivity index (χ4n) is 0.793. The minimum atomic E-state index is -4.17. The molecule has 1 nitrogen and oxygen atoms in total. The maximum Gasteiger partial charge on any atom is 0.398 e. The molecule has 6 heteroatoms. The van der Waals surface area contributed by atoms with E-state index in [9.17, 15) is 13.2 Å². The predicted octanol–water partition coefficient (Wildman–Crippen LogP) is 3.69. The molecule has 14 heavy (non-hydrogen) atoms. The van der Waals surface area contributed by atoms with Crippen LogP contribution in [0.4, 0.5) is 18.9 Å². The summed E-state index contributed by atoms with van der Waals surface area (Å²) < 4.78 is 36.4. The van der Waals surface area contributed by atoms with Crippen molar-refractivity contribution < 1.29 is 13.2 Å². The van der Waals surface area contributed by atoms with Crippen LogP contribution in [0.1, 0.15) is 0 Å². The molecule has 0 spiro atoms. The highest BCUT2D eigenvalue weighted by atomic mass is 79.9. The minimum Gasteiger partial charge on any atom is -0.398 e. The summed E-state index contributed by atoms with van der Waals surface area (Å²) in [5.41, 5.74) is 5.87. The van der Waals surface area contributed by atoms with Gasteiger partial charge in [-0.25, -0.2) is 0 Å². The van der Waals surface area contributed by atoms with E-state index in [2.05, 4.69) is 15.9 Å². The van der Waals surface area contributed by atoms with Crippen LogP contribution in [0.3, 0.4) is 0 Å². The topological polar surface area (TPSA) is 26.0 Å². The van der Waals surface area contributed by atoms with Crippen LogP contribution in [0, 0.1) is 0 Å². The quantitative estimate of drug-likeness (QED) is 0.663. The second kappa shape index (κ2) is 4.44. The fourth-order valence-corrected chi connectivity index (χ4v) is 2.07. The zero-order valence-electron chi connectivity index (χ0n) is 6.94. The van der Waals surface area contributed by atoms with E-state index in [0.717, 1.165) is 4.47 Å². The van der Waals surface area contributed by atoms with Crippen molar-refractivity contribution in [2.75, 3.05) is 11.5 Å². The Bertz CT molecular complexity index is 327. The highest BCUT2D eigenvalue weighted by Crippen LogP contribution is 2.32. The third-order valence-electron chi connectivity index (χ3n) is 1.37. The molecule has 1 aromatic rings. The summed E-state index contributed by atoms with van der Waals surface area (Å²) in [6.45, 7) is 0. The first-order valence-corrected chi connectivity index (χ1v) is 5.41. The summed E-state index contributed by atoms with van der Waals surface area (Å²) in [6.07, 6.45) is -4.17. The number of thioether (sulfide) groups is 1. The lowest BCUT2D eigenvalue weighted by molar-refractivity contribution is -0.105. The Kier molecular flexibility index (Phi) is 3.71. The average molecular weight is 286 g/mol. The van der Waals surface area contributed by atoms with Gasteiger partial charge in [-0.15, -0.1) is 11.8 Å². The van der Waals surface area contributed by atoms with Crippen LogP contribution in [0.5, 0.6) is 0 Å². The zero-order valence-corrected chi connectivity index (χ0v) is 9.34. The van der Waals surface area contributed by atoms with Crippen molar-refractivity contribution >= 4 is 33.4 Å². The molecule has 0 fully saturated rings. The molecule has 0 unspecified atom stereocenters. The summed E-state index contributed by atoms with van der Waals surface area (Å²) in [7, 11) is 0. The Morgan fingerprint density at radius 1 is 1.36 bits per heavy atom. The normalized spacial score (nSPS) is 11.7. The molecule has 0 radical (unpaired) electrons. The number of nitrogen functional groups attached to an aromatic ring is 1. The number of halogens is 4. The van der Waals surface area contributed by atoms with Gasteiger partial charge in [0.25, 0.3) is 0 Å². The van der Waals surface area contributed by atoms with Crippen LogP contribution in [0.2, 0.25) is 0 Å². The molecule has 0 aliphatic rings. The van der Waals surface area contributed by atoms with Gasteiger partial charge in [0, 0.05) is 15.1 Å². The zero-order chi connectivity index (χ0) is 10.8. The summed E-state index contributed by atoms with van der Waals surface area (Å²) >= 11 is 3.85. The number of hydrogen-bond acceptors (Lipinski definition) is 2. The monoisotopic (exact) mass is 285 g/mol. The number of anilines is 1. The molecule has 1 rings (SSSR count). The largest absolute Gasteiger partial charge is 0.398 e. The second-order valence-electron chi connectivity index (χ2n) is 2.59. The van der Waals surface area contributed by atoms with E-state index in [0.29, 0.717) is 22.3 Å². The lowest BCUT2D eigenvalue weighted by Gasteiger charge is -2.08. The third kappa shape index (κ3) is 3.79. The number of rotatable bonds is 2. The lowest BCUT2D eigenvalue weighted by Crippen LogP contribution is -2.10. The first-order valence-electron chi connectivity index (χ1n) is 3.63. The van der Waals surface area contributed by atoms with Gasteiger partial charge < -0.3 is 5.73 Å². The van der Waals surface area contributed by atoms with Crippen molar-refractivity contribution in [3.05, 3.63) is 22.7 Å². The molecule has 78 valence electrons. The number of nitrogens with two attached hydrogens (primary N) is 1. The Morgan fingerprint density at radius 2 is 2.00 bits per heavy atom. The van der Waals surface area contributed by atoms with Gasteiger partial charge in [-0.2, -0.15) is 13.2 Å². The molecule has 0 saturated carbocycles. The van der Waals surface area contributed by atoms with Gasteiger partial charge in [-0.3, -0.25) is 0 Å². The second-order valence-corrected chi connectivity index (χ2v) is 4.52. The van der Waals surface area contributed by atoms with E-state index >= 15 is 0 Å². The number of hydrogen-bond donors (Lipinski definition) is 1. The van der Waals surface area contributed by atoms with E-state index in [1.165, 1.54) is 0 Å². The van der Waals surface area contributed by atoms with Crippen LogP contribution < -0.4 is 5.73 Å². The highest BCUT2D eigenvalue weighted by molar-refractivity contribution is 9.10. The highest BCUT2D eigenvalue weighted by Gasteiger charge is 2.27. The maximum absolute atomic E-state index is 11.9. The SMILES string of the molecule is Nc1ccc(Br)cc1SCC(F)(F)F. The van der Waals surface area contributed by atoms with E-state index in [4.69, 9.17) is 5.73 Å². The van der Waals surface area contributed by atoms with Crippen LogP contribution >= 0.6 is 27.7 Å². The van der Waals surface area contributed by atoms with E-state index in [-0.39, 0.29) is 0 Å². The Labute approximate surface area is 92.0 Å². The lowest BCUT2D eigenvalue weighted by atomic mass is 10.3. The van der Waals surface area contributed by atoms with E-state index in [1.807, 2.05) is 0 Å². The van der Waals surface area contributed by atoms with Crippen LogP contribution in [-0.2, 0) is 0 Å². The fraction of sp³-hybridized carbons (Fsp3) is 0.250. The predicted molar refractivity (Wildman–Crippen MR) is 55.3 cm³/mol. The molecule has 0 atom stereocenters. The van der Waals surface area contributed by atoms with Crippen molar-refractivity contribution in [2.24, 2.45) is 0 Å². The number of benzene rings is 1. The van der Waals surface area contributed by atoms with Crippen molar-refractivity contribution in [3.8, 4) is 0 Å². The molecular weight excluding hydrogens is 279 g/mol. The molecular formula is C8H7BrF3NS. The molecule has 1 aromatic carbocycles. The van der Waals surface area contributed by atoms with Gasteiger partial charge in [0.05, 0.1) is 5.75 Å². The van der Waals surface area contributed by atoms with Crippen LogP contribution in [0.25, 0.3) is 0 Å². The first-order chi connectivity index (χ1) is 6.38. The van der Waals surface area contributed by atoms with Crippen molar-refractivity contribution in [3.63, 3.8) is 0 Å². The summed E-state index contributed by atoms with van der Waals surface area (Å²) in [5, 5.41) is 0. The molecule has 2 N–H and O–H groups in total. The van der Waals surface area contributed by atoms with Crippen molar-refractivity contribution in [2.45, 2.75) is 11.1 Å². The summed E-state index contributed by atoms with van der Waals surface area (Å²) in [5.74, 6) is -0.923. The van der Waals surface area contributed by atoms with Gasteiger partial charge in [0.15, 0.2) is 0 Å². The van der Waals surface area contributed by atoms with E-state index in [1.54, 1.807) is 18.2 Å². The van der Waals surface area contributed by atoms with Crippen LogP contribution in [0.15, 0.2) is 27.6 Å². The van der Waals surface area contributed by atoms with Gasteiger partial charge in [0.1, 0.15) is 0 Å². The van der Waals surface area contributed by atoms with Crippen molar-refractivity contribution in [1.29, 1.82) is 0 Å². The van der Waals surface area contributed by atoms with Gasteiger partial charge in [-0.1, -0.05) is 15.9 Å². The average Bonchev–Trinajstić information content (AvgIpc) is 2.05. The van der Waals surface area contributed by atoms with Crippen molar-refractivity contribution in [1.82, 2.24) is 0 Å². The van der Waals surface area contributed by atoms with Gasteiger partial charge in [0.2, 0.25) is 0 Å². The molecule has 0 aliphatic heterocycles. The molecule has 0 saturated heterocycles. The molecule has 0 heterocycles. The smallest absolute Gasteiger partial charge is 0.398 e. The third-order valence-corrected chi connectivity index (χ3v) is 3.00. The maximum atomic E-state index is 11.9.